The van der Waals surface area contributed by atoms with Crippen molar-refractivity contribution in [2.24, 2.45) is 11.8 Å². The second-order valence-electron chi connectivity index (χ2n) is 4.35. The Bertz CT molecular complexity index is 360. The maximum atomic E-state index is 8.89. The van der Waals surface area contributed by atoms with Crippen LogP contribution in [0.2, 0.25) is 0 Å². The van der Waals surface area contributed by atoms with E-state index in [0.717, 1.165) is 24.9 Å². The highest BCUT2D eigenvalue weighted by Crippen LogP contribution is 2.45. The summed E-state index contributed by atoms with van der Waals surface area (Å²) in [7, 11) is -1.48. The molecule has 0 aromatic carbocycles. The van der Waals surface area contributed by atoms with Crippen molar-refractivity contribution in [1.29, 1.82) is 0 Å². The van der Waals surface area contributed by atoms with Gasteiger partial charge in [0.1, 0.15) is 0 Å². The summed E-state index contributed by atoms with van der Waals surface area (Å²) in [5, 5.41) is 17.8. The van der Waals surface area contributed by atoms with E-state index in [9.17, 15) is 0 Å². The van der Waals surface area contributed by atoms with Crippen molar-refractivity contribution in [2.75, 3.05) is 18.0 Å². The van der Waals surface area contributed by atoms with Crippen LogP contribution < -0.4 is 10.4 Å². The molecule has 15 heavy (non-hydrogen) atoms. The number of rotatable bonds is 2. The lowest BCUT2D eigenvalue weighted by molar-refractivity contribution is 0.425. The molecule has 78 valence electrons. The number of hydrogen-bond acceptors (Lipinski definition) is 5. The van der Waals surface area contributed by atoms with Gasteiger partial charge in [-0.25, -0.2) is 9.97 Å². The predicted molar refractivity (Wildman–Crippen MR) is 55.7 cm³/mol. The fraction of sp³-hybridized carbons (Fsp3) is 0.556. The molecule has 3 rings (SSSR count). The molecule has 2 N–H and O–H groups in total. The summed E-state index contributed by atoms with van der Waals surface area (Å²) in [6, 6.07) is 0. The summed E-state index contributed by atoms with van der Waals surface area (Å²) in [4.78, 5) is 10.4. The van der Waals surface area contributed by atoms with E-state index in [1.54, 1.807) is 0 Å². The van der Waals surface area contributed by atoms with Gasteiger partial charge in [-0.05, 0) is 18.3 Å². The quantitative estimate of drug-likeness (QED) is 0.582. The molecule has 5 nitrogen and oxygen atoms in total. The molecule has 2 aliphatic rings. The zero-order chi connectivity index (χ0) is 10.4. The average molecular weight is 205 g/mol. The fourth-order valence-electron chi connectivity index (χ4n) is 2.19. The first-order valence-corrected chi connectivity index (χ1v) is 5.17. The lowest BCUT2D eigenvalue weighted by Crippen LogP contribution is -2.32. The highest BCUT2D eigenvalue weighted by atomic mass is 16.4. The minimum absolute atomic E-state index is 0.336. The smallest absolute Gasteiger partial charge is 0.423 e. The van der Waals surface area contributed by atoms with Crippen LogP contribution in [0.15, 0.2) is 12.4 Å². The third-order valence-corrected chi connectivity index (χ3v) is 3.22. The molecule has 2 unspecified atom stereocenters. The Hall–Kier alpha value is -1.14. The minimum Gasteiger partial charge on any atom is -0.423 e. The van der Waals surface area contributed by atoms with Gasteiger partial charge in [-0.2, -0.15) is 0 Å². The Morgan fingerprint density at radius 3 is 2.33 bits per heavy atom. The van der Waals surface area contributed by atoms with Crippen molar-refractivity contribution < 1.29 is 10.0 Å². The van der Waals surface area contributed by atoms with Crippen LogP contribution in [0.3, 0.4) is 0 Å². The van der Waals surface area contributed by atoms with Gasteiger partial charge >= 0.3 is 7.12 Å². The minimum atomic E-state index is -1.48. The molecule has 2 atom stereocenters. The van der Waals surface area contributed by atoms with Crippen LogP contribution in [-0.2, 0) is 0 Å². The molecule has 1 aromatic rings. The van der Waals surface area contributed by atoms with Crippen LogP contribution >= 0.6 is 0 Å². The number of hydrogen-bond donors (Lipinski definition) is 2. The summed E-state index contributed by atoms with van der Waals surface area (Å²) < 4.78 is 0. The fourth-order valence-corrected chi connectivity index (χ4v) is 2.19. The Labute approximate surface area is 87.9 Å². The number of fused-ring (bicyclic) bond motifs is 1. The first-order valence-electron chi connectivity index (χ1n) is 5.17. The van der Waals surface area contributed by atoms with Crippen molar-refractivity contribution in [3.05, 3.63) is 12.4 Å². The molecule has 1 aromatic heterocycles. The van der Waals surface area contributed by atoms with Crippen LogP contribution in [0.1, 0.15) is 6.42 Å². The van der Waals surface area contributed by atoms with E-state index in [4.69, 9.17) is 10.0 Å². The van der Waals surface area contributed by atoms with Crippen LogP contribution in [0.5, 0.6) is 0 Å². The van der Waals surface area contributed by atoms with Gasteiger partial charge in [0.2, 0.25) is 5.95 Å². The third kappa shape index (κ3) is 1.59. The predicted octanol–water partition coefficient (Wildman–Crippen LogP) is -1.39. The van der Waals surface area contributed by atoms with Crippen molar-refractivity contribution >= 4 is 18.5 Å². The Morgan fingerprint density at radius 2 is 1.80 bits per heavy atom. The van der Waals surface area contributed by atoms with Crippen molar-refractivity contribution in [1.82, 2.24) is 9.97 Å². The van der Waals surface area contributed by atoms with Gasteiger partial charge in [-0.3, -0.25) is 0 Å². The highest BCUT2D eigenvalue weighted by molar-refractivity contribution is 6.58. The zero-order valence-electron chi connectivity index (χ0n) is 8.24. The first-order chi connectivity index (χ1) is 7.24. The van der Waals surface area contributed by atoms with Gasteiger partial charge in [-0.15, -0.1) is 0 Å². The second kappa shape index (κ2) is 3.18. The summed E-state index contributed by atoms with van der Waals surface area (Å²) >= 11 is 0. The van der Waals surface area contributed by atoms with E-state index in [2.05, 4.69) is 14.9 Å². The molecular formula is C9H12BN3O2. The van der Waals surface area contributed by atoms with E-state index in [1.165, 1.54) is 18.8 Å². The van der Waals surface area contributed by atoms with Gasteiger partial charge in [0, 0.05) is 30.9 Å². The molecule has 0 amide bonds. The highest BCUT2D eigenvalue weighted by Gasteiger charge is 2.45. The number of anilines is 1. The lowest BCUT2D eigenvalue weighted by atomic mass is 9.83. The average Bonchev–Trinajstić information content (AvgIpc) is 2.86. The summed E-state index contributed by atoms with van der Waals surface area (Å²) in [5.41, 5.74) is 0.336. The number of aromatic nitrogens is 2. The third-order valence-electron chi connectivity index (χ3n) is 3.22. The Balaban J connectivity index is 1.75. The Morgan fingerprint density at radius 1 is 1.20 bits per heavy atom. The van der Waals surface area contributed by atoms with Gasteiger partial charge in [0.15, 0.2) is 0 Å². The van der Waals surface area contributed by atoms with Crippen LogP contribution in [0.25, 0.3) is 0 Å². The maximum Gasteiger partial charge on any atom is 0.491 e. The van der Waals surface area contributed by atoms with Crippen molar-refractivity contribution in [3.8, 4) is 0 Å². The Kier molecular flexibility index (Phi) is 1.93. The monoisotopic (exact) mass is 205 g/mol. The summed E-state index contributed by atoms with van der Waals surface area (Å²) in [5.74, 6) is 2.39. The largest absolute Gasteiger partial charge is 0.491 e. The van der Waals surface area contributed by atoms with Gasteiger partial charge < -0.3 is 14.9 Å². The molecular weight excluding hydrogens is 193 g/mol. The van der Waals surface area contributed by atoms with E-state index in [-0.39, 0.29) is 0 Å². The number of nitrogens with zero attached hydrogens (tertiary/aromatic N) is 3. The van der Waals surface area contributed by atoms with Crippen LogP contribution in [-0.4, -0.2) is 40.2 Å². The second-order valence-corrected chi connectivity index (χ2v) is 4.35. The van der Waals surface area contributed by atoms with Crippen LogP contribution in [0, 0.1) is 11.8 Å². The molecule has 6 heteroatoms. The molecule has 1 saturated heterocycles. The first kappa shape index (κ1) is 9.12. The molecule has 0 radical (unpaired) electrons. The topological polar surface area (TPSA) is 69.5 Å². The molecule has 2 fully saturated rings. The van der Waals surface area contributed by atoms with Crippen LogP contribution in [0.4, 0.5) is 5.95 Å². The van der Waals surface area contributed by atoms with Gasteiger partial charge in [-0.1, -0.05) is 0 Å². The summed E-state index contributed by atoms with van der Waals surface area (Å²) in [6.07, 6.45) is 4.29. The molecule has 0 bridgehead atoms. The van der Waals surface area contributed by atoms with Crippen molar-refractivity contribution in [3.63, 3.8) is 0 Å². The maximum absolute atomic E-state index is 8.89. The molecule has 0 spiro atoms. The van der Waals surface area contributed by atoms with Gasteiger partial charge in [0.05, 0.1) is 0 Å². The molecule has 1 aliphatic heterocycles. The standard InChI is InChI=1S/C9H12BN3O2/c14-10(15)8-2-11-9(12-3-8)13-4-6-1-7(6)5-13/h2-3,6-7,14-15H,1,4-5H2. The number of piperidine rings is 1. The van der Waals surface area contributed by atoms with E-state index < -0.39 is 7.12 Å². The van der Waals surface area contributed by atoms with Crippen molar-refractivity contribution in [2.45, 2.75) is 6.42 Å². The van der Waals surface area contributed by atoms with E-state index in [1.807, 2.05) is 0 Å². The van der Waals surface area contributed by atoms with E-state index in [0.29, 0.717) is 11.4 Å². The lowest BCUT2D eigenvalue weighted by Gasteiger charge is -2.17. The zero-order valence-corrected chi connectivity index (χ0v) is 8.24. The SMILES string of the molecule is OB(O)c1cnc(N2CC3CC3C2)nc1. The van der Waals surface area contributed by atoms with Gasteiger partial charge in [0.25, 0.3) is 0 Å². The molecule has 2 heterocycles. The molecule has 1 saturated carbocycles. The van der Waals surface area contributed by atoms with E-state index >= 15 is 0 Å². The summed E-state index contributed by atoms with van der Waals surface area (Å²) in [6.45, 7) is 2.09. The molecule has 1 aliphatic carbocycles. The normalized spacial score (nSPS) is 27.7.